The van der Waals surface area contributed by atoms with Crippen LogP contribution in [0.15, 0.2) is 24.3 Å². The van der Waals surface area contributed by atoms with Crippen LogP contribution in [-0.2, 0) is 12.0 Å². The molecule has 96 valence electrons. The first-order valence-electron chi connectivity index (χ1n) is 6.69. The lowest BCUT2D eigenvalue weighted by Gasteiger charge is -2.32. The Balaban J connectivity index is 2.87. The summed E-state index contributed by atoms with van der Waals surface area (Å²) in [6, 6.07) is 8.36. The maximum absolute atomic E-state index is 10.7. The molecule has 1 nitrogen and oxygen atoms in total. The quantitative estimate of drug-likeness (QED) is 0.812. The number of rotatable bonds is 5. The first-order chi connectivity index (χ1) is 7.87. The molecule has 0 radical (unpaired) electrons. The summed E-state index contributed by atoms with van der Waals surface area (Å²) in [5.74, 6) is 0.890. The molecule has 2 atom stereocenters. The van der Waals surface area contributed by atoms with Crippen molar-refractivity contribution in [3.8, 4) is 0 Å². The molecular weight excluding hydrogens is 208 g/mol. The zero-order valence-corrected chi connectivity index (χ0v) is 11.8. The van der Waals surface area contributed by atoms with E-state index >= 15 is 0 Å². The second kappa shape index (κ2) is 5.68. The summed E-state index contributed by atoms with van der Waals surface area (Å²) in [4.78, 5) is 0. The molecule has 1 rings (SSSR count). The number of aryl methyl sites for hydroxylation is 1. The number of hydrogen-bond acceptors (Lipinski definition) is 1. The van der Waals surface area contributed by atoms with Crippen LogP contribution in [0, 0.1) is 11.8 Å². The van der Waals surface area contributed by atoms with Crippen molar-refractivity contribution in [2.24, 2.45) is 11.8 Å². The summed E-state index contributed by atoms with van der Waals surface area (Å²) in [7, 11) is 0. The molecule has 0 aromatic heterocycles. The first-order valence-corrected chi connectivity index (χ1v) is 6.69. The molecule has 0 amide bonds. The Morgan fingerprint density at radius 1 is 1.12 bits per heavy atom. The fourth-order valence-corrected chi connectivity index (χ4v) is 2.30. The van der Waals surface area contributed by atoms with Gasteiger partial charge in [0.1, 0.15) is 0 Å². The average Bonchev–Trinajstić information content (AvgIpc) is 2.28. The lowest BCUT2D eigenvalue weighted by molar-refractivity contribution is -0.00665. The third kappa shape index (κ3) is 3.57. The van der Waals surface area contributed by atoms with Crippen molar-refractivity contribution in [2.45, 2.75) is 53.1 Å². The molecule has 0 bridgehead atoms. The Kier molecular flexibility index (Phi) is 4.76. The molecule has 1 aromatic carbocycles. The molecule has 0 fully saturated rings. The highest BCUT2D eigenvalue weighted by Crippen LogP contribution is 2.33. The largest absolute Gasteiger partial charge is 0.385 e. The molecule has 1 N–H and O–H groups in total. The van der Waals surface area contributed by atoms with Crippen LogP contribution in [0.2, 0.25) is 0 Å². The lowest BCUT2D eigenvalue weighted by Crippen LogP contribution is -2.30. The average molecular weight is 234 g/mol. The highest BCUT2D eigenvalue weighted by Gasteiger charge is 2.30. The highest BCUT2D eigenvalue weighted by atomic mass is 16.3. The number of aliphatic hydroxyl groups is 1. The normalized spacial score (nSPS) is 16.9. The molecule has 0 aliphatic carbocycles. The van der Waals surface area contributed by atoms with E-state index in [1.54, 1.807) is 0 Å². The summed E-state index contributed by atoms with van der Waals surface area (Å²) < 4.78 is 0. The van der Waals surface area contributed by atoms with Gasteiger partial charge in [-0.1, -0.05) is 52.0 Å². The SMILES string of the molecule is CCc1ccc(C(C)(O)C(C)CC(C)C)cc1. The molecule has 2 unspecified atom stereocenters. The summed E-state index contributed by atoms with van der Waals surface area (Å²) in [6.07, 6.45) is 2.09. The molecule has 1 aromatic rings. The van der Waals surface area contributed by atoms with E-state index in [1.807, 2.05) is 6.92 Å². The van der Waals surface area contributed by atoms with Gasteiger partial charge in [0, 0.05) is 0 Å². The molecule has 0 aliphatic rings. The Morgan fingerprint density at radius 3 is 2.06 bits per heavy atom. The fraction of sp³-hybridized carbons (Fsp3) is 0.625. The molecule has 17 heavy (non-hydrogen) atoms. The molecular formula is C16H26O. The van der Waals surface area contributed by atoms with Crippen molar-refractivity contribution in [1.29, 1.82) is 0 Å². The van der Waals surface area contributed by atoms with E-state index in [9.17, 15) is 5.11 Å². The van der Waals surface area contributed by atoms with Gasteiger partial charge in [-0.3, -0.25) is 0 Å². The zero-order chi connectivity index (χ0) is 13.1. The third-order valence-electron chi connectivity index (χ3n) is 3.73. The Morgan fingerprint density at radius 2 is 1.65 bits per heavy atom. The molecule has 0 aliphatic heterocycles. The Labute approximate surface area is 106 Å². The number of benzene rings is 1. The van der Waals surface area contributed by atoms with E-state index in [2.05, 4.69) is 52.0 Å². The van der Waals surface area contributed by atoms with Gasteiger partial charge >= 0.3 is 0 Å². The minimum Gasteiger partial charge on any atom is -0.385 e. The van der Waals surface area contributed by atoms with E-state index in [0.717, 1.165) is 18.4 Å². The second-order valence-electron chi connectivity index (χ2n) is 5.73. The summed E-state index contributed by atoms with van der Waals surface area (Å²) in [5.41, 5.74) is 1.63. The van der Waals surface area contributed by atoms with Crippen molar-refractivity contribution in [3.63, 3.8) is 0 Å². The lowest BCUT2D eigenvalue weighted by atomic mass is 9.79. The van der Waals surface area contributed by atoms with Crippen LogP contribution < -0.4 is 0 Å². The third-order valence-corrected chi connectivity index (χ3v) is 3.73. The van der Waals surface area contributed by atoms with Gasteiger partial charge in [0.15, 0.2) is 0 Å². The molecule has 0 saturated heterocycles. The maximum Gasteiger partial charge on any atom is 0.0894 e. The minimum absolute atomic E-state index is 0.273. The van der Waals surface area contributed by atoms with Crippen LogP contribution in [0.4, 0.5) is 0 Å². The van der Waals surface area contributed by atoms with E-state index in [0.29, 0.717) is 5.92 Å². The molecule has 0 heterocycles. The van der Waals surface area contributed by atoms with Gasteiger partial charge in [0.05, 0.1) is 5.60 Å². The van der Waals surface area contributed by atoms with Crippen LogP contribution in [0.3, 0.4) is 0 Å². The van der Waals surface area contributed by atoms with Crippen LogP contribution in [-0.4, -0.2) is 5.11 Å². The predicted molar refractivity (Wildman–Crippen MR) is 74.0 cm³/mol. The Hall–Kier alpha value is -0.820. The predicted octanol–water partition coefficient (Wildman–Crippen LogP) is 4.14. The smallest absolute Gasteiger partial charge is 0.0894 e. The topological polar surface area (TPSA) is 20.2 Å². The number of hydrogen-bond donors (Lipinski definition) is 1. The standard InChI is InChI=1S/C16H26O/c1-6-14-7-9-15(10-8-14)16(5,17)13(4)11-12(2)3/h7-10,12-13,17H,6,11H2,1-5H3. The summed E-state index contributed by atoms with van der Waals surface area (Å²) in [5, 5.41) is 10.7. The van der Waals surface area contributed by atoms with Gasteiger partial charge in [0.25, 0.3) is 0 Å². The maximum atomic E-state index is 10.7. The van der Waals surface area contributed by atoms with E-state index in [-0.39, 0.29) is 5.92 Å². The van der Waals surface area contributed by atoms with Crippen molar-refractivity contribution < 1.29 is 5.11 Å². The zero-order valence-electron chi connectivity index (χ0n) is 11.8. The first kappa shape index (κ1) is 14.2. The van der Waals surface area contributed by atoms with Crippen LogP contribution in [0.25, 0.3) is 0 Å². The van der Waals surface area contributed by atoms with Gasteiger partial charge in [-0.05, 0) is 42.7 Å². The molecule has 0 spiro atoms. The molecule has 0 saturated carbocycles. The van der Waals surface area contributed by atoms with Crippen LogP contribution in [0.5, 0.6) is 0 Å². The van der Waals surface area contributed by atoms with Crippen LogP contribution >= 0.6 is 0 Å². The summed E-state index contributed by atoms with van der Waals surface area (Å²) in [6.45, 7) is 10.6. The monoisotopic (exact) mass is 234 g/mol. The van der Waals surface area contributed by atoms with Crippen molar-refractivity contribution in [2.75, 3.05) is 0 Å². The van der Waals surface area contributed by atoms with Gasteiger partial charge in [-0.25, -0.2) is 0 Å². The highest BCUT2D eigenvalue weighted by molar-refractivity contribution is 5.27. The van der Waals surface area contributed by atoms with Crippen molar-refractivity contribution >= 4 is 0 Å². The van der Waals surface area contributed by atoms with Gasteiger partial charge in [-0.2, -0.15) is 0 Å². The van der Waals surface area contributed by atoms with E-state index < -0.39 is 5.60 Å². The van der Waals surface area contributed by atoms with Gasteiger partial charge in [0.2, 0.25) is 0 Å². The second-order valence-corrected chi connectivity index (χ2v) is 5.73. The fourth-order valence-electron chi connectivity index (χ4n) is 2.30. The van der Waals surface area contributed by atoms with Gasteiger partial charge < -0.3 is 5.11 Å². The van der Waals surface area contributed by atoms with Crippen molar-refractivity contribution in [1.82, 2.24) is 0 Å². The van der Waals surface area contributed by atoms with Gasteiger partial charge in [-0.15, -0.1) is 0 Å². The van der Waals surface area contributed by atoms with Crippen LogP contribution in [0.1, 0.15) is 52.2 Å². The summed E-state index contributed by atoms with van der Waals surface area (Å²) >= 11 is 0. The minimum atomic E-state index is -0.726. The van der Waals surface area contributed by atoms with E-state index in [1.165, 1.54) is 5.56 Å². The van der Waals surface area contributed by atoms with Crippen molar-refractivity contribution in [3.05, 3.63) is 35.4 Å². The Bertz CT molecular complexity index is 335. The van der Waals surface area contributed by atoms with E-state index in [4.69, 9.17) is 0 Å². The molecule has 1 heteroatoms.